The van der Waals surface area contributed by atoms with Crippen molar-refractivity contribution in [1.29, 1.82) is 0 Å². The van der Waals surface area contributed by atoms with Gasteiger partial charge in [-0.15, -0.1) is 0 Å². The van der Waals surface area contributed by atoms with Crippen LogP contribution in [0.5, 0.6) is 0 Å². The number of H-pyrrole nitrogens is 2. The van der Waals surface area contributed by atoms with Crippen LogP contribution >= 0.6 is 0 Å². The molecule has 10 nitrogen and oxygen atoms in total. The van der Waals surface area contributed by atoms with Gasteiger partial charge in [-0.3, -0.25) is 9.59 Å². The summed E-state index contributed by atoms with van der Waals surface area (Å²) in [4.78, 5) is 40.5. The van der Waals surface area contributed by atoms with Crippen molar-refractivity contribution in [3.8, 4) is 33.6 Å². The van der Waals surface area contributed by atoms with E-state index in [4.69, 9.17) is 0 Å². The summed E-state index contributed by atoms with van der Waals surface area (Å²) in [6.45, 7) is 13.8. The van der Waals surface area contributed by atoms with Crippen LogP contribution in [0.25, 0.3) is 33.6 Å². The van der Waals surface area contributed by atoms with Crippen LogP contribution in [-0.2, 0) is 22.7 Å². The summed E-state index contributed by atoms with van der Waals surface area (Å²) in [5.41, 5.74) is 1.51. The Balaban J connectivity index is 1.35. The van der Waals surface area contributed by atoms with Gasteiger partial charge in [-0.25, -0.2) is 9.97 Å². The molecule has 4 rings (SSSR count). The summed E-state index contributed by atoms with van der Waals surface area (Å²) in [5.74, 6) is 0.758. The second kappa shape index (κ2) is 12.0. The summed E-state index contributed by atoms with van der Waals surface area (Å²) in [6.07, 6.45) is 3.48. The Kier molecular flexibility index (Phi) is 8.91. The lowest BCUT2D eigenvalue weighted by molar-refractivity contribution is -0.143. The highest BCUT2D eigenvalue weighted by Crippen LogP contribution is 2.32. The molecule has 0 aliphatic carbocycles. The van der Waals surface area contributed by atoms with Gasteiger partial charge in [-0.05, 0) is 77.6 Å². The van der Waals surface area contributed by atoms with Crippen molar-refractivity contribution < 1.29 is 19.8 Å². The molecule has 0 spiro atoms. The van der Waals surface area contributed by atoms with Crippen molar-refractivity contribution in [3.63, 3.8) is 0 Å². The van der Waals surface area contributed by atoms with E-state index >= 15 is 0 Å². The number of imidazole rings is 2. The van der Waals surface area contributed by atoms with Crippen molar-refractivity contribution >= 4 is 11.8 Å². The number of nitrogens with zero attached hydrogens (tertiary/aromatic N) is 2. The molecule has 0 unspecified atom stereocenters. The third-order valence-electron chi connectivity index (χ3n) is 9.01. The Bertz CT molecular complexity index is 1480. The van der Waals surface area contributed by atoms with Crippen molar-refractivity contribution in [2.75, 3.05) is 0 Å². The van der Waals surface area contributed by atoms with Gasteiger partial charge < -0.3 is 30.8 Å². The minimum Gasteiger partial charge on any atom is -0.389 e. The van der Waals surface area contributed by atoms with Gasteiger partial charge in [0.15, 0.2) is 0 Å². The molecule has 2 aromatic carbocycles. The van der Waals surface area contributed by atoms with Gasteiger partial charge in [0.1, 0.15) is 11.6 Å². The maximum atomic E-state index is 12.6. The fourth-order valence-electron chi connectivity index (χ4n) is 4.21. The van der Waals surface area contributed by atoms with Crippen LogP contribution < -0.4 is 10.6 Å². The number of rotatable bonds is 11. The second-order valence-electron chi connectivity index (χ2n) is 13.4. The largest absolute Gasteiger partial charge is 0.389 e. The normalized spacial score (nSPS) is 12.7. The molecule has 44 heavy (non-hydrogen) atoms. The predicted octanol–water partition coefficient (Wildman–Crippen LogP) is 4.96. The fraction of sp³-hybridized carbons (Fsp3) is 0.412. The van der Waals surface area contributed by atoms with Gasteiger partial charge in [-0.2, -0.15) is 0 Å². The number of carbonyl (C=O) groups is 2. The van der Waals surface area contributed by atoms with E-state index in [9.17, 15) is 19.8 Å². The van der Waals surface area contributed by atoms with Crippen LogP contribution in [0.2, 0.25) is 0 Å². The summed E-state index contributed by atoms with van der Waals surface area (Å²) in [7, 11) is 0. The van der Waals surface area contributed by atoms with Crippen molar-refractivity contribution in [2.24, 2.45) is 10.8 Å². The molecule has 0 aliphatic rings. The van der Waals surface area contributed by atoms with Gasteiger partial charge in [0.25, 0.3) is 0 Å². The van der Waals surface area contributed by atoms with Crippen LogP contribution in [0, 0.1) is 10.8 Å². The maximum absolute atomic E-state index is 12.6. The highest BCUT2D eigenvalue weighted by molar-refractivity contribution is 5.83. The van der Waals surface area contributed by atoms with Gasteiger partial charge >= 0.3 is 0 Å². The van der Waals surface area contributed by atoms with Crippen molar-refractivity contribution in [1.82, 2.24) is 30.6 Å². The SMILES string of the molecule is CC(C)(O)C(C)(C)C(=O)NCc1ncc(-c2ccc(-c3ccc(-c4cnc(CNC(=O)C(C)(C)C(C)(C)O)[nH]4)cc3)cc2)[nH]1. The average Bonchev–Trinajstić information content (AvgIpc) is 3.64. The van der Waals surface area contributed by atoms with E-state index in [1.807, 2.05) is 48.5 Å². The Labute approximate surface area is 258 Å². The van der Waals surface area contributed by atoms with Crippen LogP contribution in [-0.4, -0.2) is 53.2 Å². The highest BCUT2D eigenvalue weighted by Gasteiger charge is 2.42. The predicted molar refractivity (Wildman–Crippen MR) is 171 cm³/mol. The van der Waals surface area contributed by atoms with Gasteiger partial charge in [0.2, 0.25) is 11.8 Å². The molecule has 6 N–H and O–H groups in total. The molecular weight excluding hydrogens is 556 g/mol. The zero-order valence-electron chi connectivity index (χ0n) is 26.8. The number of hydrogen-bond acceptors (Lipinski definition) is 6. The first-order valence-electron chi connectivity index (χ1n) is 14.7. The Hall–Kier alpha value is -4.28. The number of aromatic amines is 2. The quantitative estimate of drug-likeness (QED) is 0.143. The minimum absolute atomic E-state index is 0.232. The van der Waals surface area contributed by atoms with Gasteiger partial charge in [0, 0.05) is 0 Å². The van der Waals surface area contributed by atoms with Crippen LogP contribution in [0.4, 0.5) is 0 Å². The van der Waals surface area contributed by atoms with E-state index in [0.29, 0.717) is 11.6 Å². The third-order valence-corrected chi connectivity index (χ3v) is 9.01. The molecule has 0 saturated heterocycles. The van der Waals surface area contributed by atoms with Crippen LogP contribution in [0.15, 0.2) is 60.9 Å². The molecule has 2 amide bonds. The van der Waals surface area contributed by atoms with Gasteiger partial charge in [-0.1, -0.05) is 48.5 Å². The number of aromatic nitrogens is 4. The van der Waals surface area contributed by atoms with Crippen LogP contribution in [0.3, 0.4) is 0 Å². The standard InChI is InChI=1S/C34H44N6O4/c1-31(2,33(5,6)43)29(41)37-19-27-35-17-25(39-27)23-13-9-21(10-14-23)22-11-15-24(16-12-22)26-18-36-28(40-26)20-38-30(42)32(3,4)34(7,8)44/h9-18,43-44H,19-20H2,1-8H3,(H,35,39)(H,36,40)(H,37,41)(H,38,42). The first kappa shape index (κ1) is 32.6. The molecule has 0 atom stereocenters. The Morgan fingerprint density at radius 1 is 0.591 bits per heavy atom. The molecule has 10 heteroatoms. The number of amides is 2. The van der Waals surface area contributed by atoms with Crippen molar-refractivity contribution in [2.45, 2.75) is 79.7 Å². The lowest BCUT2D eigenvalue weighted by Crippen LogP contribution is -2.50. The van der Waals surface area contributed by atoms with Gasteiger partial charge in [0.05, 0.1) is 58.9 Å². The number of hydrogen-bond donors (Lipinski definition) is 6. The first-order chi connectivity index (χ1) is 20.4. The second-order valence-corrected chi connectivity index (χ2v) is 13.4. The molecule has 0 radical (unpaired) electrons. The fourth-order valence-corrected chi connectivity index (χ4v) is 4.21. The zero-order chi connectivity index (χ0) is 32.5. The number of benzene rings is 2. The summed E-state index contributed by atoms with van der Waals surface area (Å²) in [5, 5.41) is 26.3. The summed E-state index contributed by atoms with van der Waals surface area (Å²) in [6, 6.07) is 16.3. The third kappa shape index (κ3) is 6.92. The lowest BCUT2D eigenvalue weighted by Gasteiger charge is -2.35. The highest BCUT2D eigenvalue weighted by atomic mass is 16.3. The molecule has 0 aliphatic heterocycles. The first-order valence-corrected chi connectivity index (χ1v) is 14.7. The van der Waals surface area contributed by atoms with E-state index in [0.717, 1.165) is 33.6 Å². The smallest absolute Gasteiger partial charge is 0.228 e. The van der Waals surface area contributed by atoms with E-state index in [-0.39, 0.29) is 24.9 Å². The zero-order valence-corrected chi connectivity index (χ0v) is 26.8. The monoisotopic (exact) mass is 600 g/mol. The molecule has 0 saturated carbocycles. The number of carbonyl (C=O) groups excluding carboxylic acids is 2. The molecule has 2 heterocycles. The Morgan fingerprint density at radius 2 is 0.886 bits per heavy atom. The molecule has 0 bridgehead atoms. The maximum Gasteiger partial charge on any atom is 0.228 e. The molecular formula is C34H44N6O4. The molecule has 0 fully saturated rings. The van der Waals surface area contributed by atoms with E-state index < -0.39 is 22.0 Å². The number of aliphatic hydroxyl groups is 2. The minimum atomic E-state index is -1.16. The van der Waals surface area contributed by atoms with E-state index in [1.54, 1.807) is 67.8 Å². The van der Waals surface area contributed by atoms with Crippen LogP contribution in [0.1, 0.15) is 67.0 Å². The molecule has 234 valence electrons. The molecule has 4 aromatic rings. The lowest BCUT2D eigenvalue weighted by atomic mass is 9.76. The van der Waals surface area contributed by atoms with E-state index in [1.165, 1.54) is 0 Å². The topological polar surface area (TPSA) is 156 Å². The number of nitrogens with one attached hydrogen (secondary N) is 4. The molecule has 2 aromatic heterocycles. The average molecular weight is 601 g/mol. The van der Waals surface area contributed by atoms with Crippen molar-refractivity contribution in [3.05, 3.63) is 72.6 Å². The van der Waals surface area contributed by atoms with E-state index in [2.05, 4.69) is 30.6 Å². The Morgan fingerprint density at radius 3 is 1.18 bits per heavy atom. The summed E-state index contributed by atoms with van der Waals surface area (Å²) < 4.78 is 0. The summed E-state index contributed by atoms with van der Waals surface area (Å²) >= 11 is 0.